The van der Waals surface area contributed by atoms with E-state index in [1.807, 2.05) is 6.92 Å². The number of hydrogen-bond donors (Lipinski definition) is 2. The fourth-order valence-corrected chi connectivity index (χ4v) is 4.28. The molecule has 2 aromatic rings. The third-order valence-corrected chi connectivity index (χ3v) is 5.80. The van der Waals surface area contributed by atoms with Gasteiger partial charge in [0.2, 0.25) is 0 Å². The number of nitrogens with zero attached hydrogens (tertiary/aromatic N) is 4. The summed E-state index contributed by atoms with van der Waals surface area (Å²) in [5.41, 5.74) is 2.49. The van der Waals surface area contributed by atoms with Crippen LogP contribution in [0.15, 0.2) is 24.3 Å². The molecule has 2 N–H and O–H groups in total. The second-order valence-corrected chi connectivity index (χ2v) is 8.38. The zero-order valence-corrected chi connectivity index (χ0v) is 16.4. The van der Waals surface area contributed by atoms with Crippen molar-refractivity contribution in [2.75, 3.05) is 27.2 Å². The molecule has 0 radical (unpaired) electrons. The van der Waals surface area contributed by atoms with E-state index in [9.17, 15) is 9.90 Å². The number of rotatable bonds is 8. The van der Waals surface area contributed by atoms with Crippen LogP contribution in [-0.2, 0) is 11.2 Å². The zero-order valence-electron chi connectivity index (χ0n) is 16.4. The summed E-state index contributed by atoms with van der Waals surface area (Å²) in [6.07, 6.45) is 3.22. The number of tetrazole rings is 1. The fraction of sp³-hybridized carbons (Fsp3) is 0.600. The molecule has 2 heterocycles. The molecule has 1 fully saturated rings. The lowest BCUT2D eigenvalue weighted by Gasteiger charge is -2.23. The first kappa shape index (κ1) is 19.5. The second-order valence-electron chi connectivity index (χ2n) is 8.38. The van der Waals surface area contributed by atoms with Crippen LogP contribution in [-0.4, -0.2) is 63.4 Å². The predicted octanol–water partition coefficient (Wildman–Crippen LogP) is 2.59. The van der Waals surface area contributed by atoms with E-state index in [2.05, 4.69) is 59.0 Å². The van der Waals surface area contributed by atoms with Gasteiger partial charge in [0.15, 0.2) is 5.82 Å². The Labute approximate surface area is 160 Å². The largest absolute Gasteiger partial charge is 0.481 e. The lowest BCUT2D eigenvalue weighted by molar-refractivity contribution is -0.878. The maximum atomic E-state index is 11.8. The standard InChI is InChI=1S/C20H29N5O2/c1-4-5-17(20(26)27)18(19-21-23-24-22-19)12-14-6-8-15(9-7-14)16-10-11-25(2,3)13-16/h6-9,16-18H,4-5,10-13H2,1-3H3,(H-,21,22,23,24,26,27)/p+1/t16?,17-,18+/m1/s1. The van der Waals surface area contributed by atoms with Crippen LogP contribution in [0.2, 0.25) is 0 Å². The van der Waals surface area contributed by atoms with Crippen LogP contribution in [0, 0.1) is 5.92 Å². The Hall–Kier alpha value is -2.28. The molecule has 3 rings (SSSR count). The molecular weight excluding hydrogens is 342 g/mol. The van der Waals surface area contributed by atoms with Gasteiger partial charge in [-0.3, -0.25) is 4.79 Å². The Morgan fingerprint density at radius 1 is 1.33 bits per heavy atom. The van der Waals surface area contributed by atoms with Crippen molar-refractivity contribution < 1.29 is 14.4 Å². The molecular formula is C20H30N5O2+. The summed E-state index contributed by atoms with van der Waals surface area (Å²) in [5, 5.41) is 24.0. The second kappa shape index (κ2) is 8.17. The zero-order chi connectivity index (χ0) is 19.4. The highest BCUT2D eigenvalue weighted by Crippen LogP contribution is 2.32. The molecule has 0 bridgehead atoms. The summed E-state index contributed by atoms with van der Waals surface area (Å²) in [6, 6.07) is 8.67. The average Bonchev–Trinajstić information content (AvgIpc) is 3.28. The maximum Gasteiger partial charge on any atom is 0.307 e. The van der Waals surface area contributed by atoms with Crippen molar-refractivity contribution in [2.24, 2.45) is 5.92 Å². The Morgan fingerprint density at radius 3 is 2.59 bits per heavy atom. The van der Waals surface area contributed by atoms with Crippen molar-refractivity contribution in [2.45, 2.75) is 44.4 Å². The van der Waals surface area contributed by atoms with Crippen molar-refractivity contribution in [3.63, 3.8) is 0 Å². The molecule has 3 atom stereocenters. The van der Waals surface area contributed by atoms with E-state index in [-0.39, 0.29) is 5.92 Å². The van der Waals surface area contributed by atoms with E-state index in [1.54, 1.807) is 0 Å². The quantitative estimate of drug-likeness (QED) is 0.695. The Kier molecular flexibility index (Phi) is 5.89. The molecule has 146 valence electrons. The molecule has 7 heteroatoms. The van der Waals surface area contributed by atoms with Crippen molar-refractivity contribution in [1.29, 1.82) is 0 Å². The Morgan fingerprint density at radius 2 is 2.07 bits per heavy atom. The molecule has 0 aliphatic carbocycles. The summed E-state index contributed by atoms with van der Waals surface area (Å²) in [7, 11) is 4.56. The number of hydrogen-bond acceptors (Lipinski definition) is 4. The van der Waals surface area contributed by atoms with Gasteiger partial charge >= 0.3 is 5.97 Å². The van der Waals surface area contributed by atoms with Gasteiger partial charge in [-0.1, -0.05) is 42.8 Å². The lowest BCUT2D eigenvalue weighted by atomic mass is 9.83. The molecule has 1 aromatic carbocycles. The highest BCUT2D eigenvalue weighted by atomic mass is 16.4. The van der Waals surface area contributed by atoms with Crippen LogP contribution in [0.5, 0.6) is 0 Å². The van der Waals surface area contributed by atoms with E-state index in [4.69, 9.17) is 0 Å². The molecule has 1 aliphatic heterocycles. The molecule has 7 nitrogen and oxygen atoms in total. The number of aromatic amines is 1. The smallest absolute Gasteiger partial charge is 0.307 e. The van der Waals surface area contributed by atoms with Gasteiger partial charge in [-0.05, 0) is 24.0 Å². The van der Waals surface area contributed by atoms with Crippen molar-refractivity contribution in [3.8, 4) is 0 Å². The van der Waals surface area contributed by atoms with Gasteiger partial charge < -0.3 is 9.59 Å². The molecule has 0 amide bonds. The van der Waals surface area contributed by atoms with Crippen LogP contribution in [0.3, 0.4) is 0 Å². The number of carbonyl (C=O) groups is 1. The number of benzene rings is 1. The third-order valence-electron chi connectivity index (χ3n) is 5.80. The molecule has 27 heavy (non-hydrogen) atoms. The third kappa shape index (κ3) is 4.71. The van der Waals surface area contributed by atoms with E-state index in [1.165, 1.54) is 25.1 Å². The molecule has 1 aromatic heterocycles. The average molecular weight is 372 g/mol. The molecule has 0 saturated carbocycles. The van der Waals surface area contributed by atoms with E-state index >= 15 is 0 Å². The van der Waals surface area contributed by atoms with Crippen molar-refractivity contribution in [3.05, 3.63) is 41.2 Å². The Bertz CT molecular complexity index is 742. The summed E-state index contributed by atoms with van der Waals surface area (Å²) < 4.78 is 1.07. The highest BCUT2D eigenvalue weighted by molar-refractivity contribution is 5.71. The van der Waals surface area contributed by atoms with E-state index in [0.717, 1.165) is 16.5 Å². The number of aromatic nitrogens is 4. The lowest BCUT2D eigenvalue weighted by Crippen LogP contribution is -2.36. The fourth-order valence-electron chi connectivity index (χ4n) is 4.28. The summed E-state index contributed by atoms with van der Waals surface area (Å²) in [6.45, 7) is 4.38. The van der Waals surface area contributed by atoms with Gasteiger partial charge in [0, 0.05) is 18.3 Å². The number of nitrogens with one attached hydrogen (secondary N) is 1. The van der Waals surface area contributed by atoms with Gasteiger partial charge in [0.1, 0.15) is 0 Å². The van der Waals surface area contributed by atoms with Crippen molar-refractivity contribution in [1.82, 2.24) is 20.6 Å². The van der Waals surface area contributed by atoms with Gasteiger partial charge in [0.05, 0.1) is 33.1 Å². The molecule has 1 aliphatic rings. The predicted molar refractivity (Wildman–Crippen MR) is 102 cm³/mol. The van der Waals surface area contributed by atoms with Crippen molar-refractivity contribution >= 4 is 5.97 Å². The topological polar surface area (TPSA) is 91.8 Å². The summed E-state index contributed by atoms with van der Waals surface area (Å²) >= 11 is 0. The van der Waals surface area contributed by atoms with Crippen LogP contribution in [0.4, 0.5) is 0 Å². The SMILES string of the molecule is CCC[C@@H](C(=O)O)[C@H](Cc1ccc(C2CC[N+](C)(C)C2)cc1)c1nn[nH]n1. The van der Waals surface area contributed by atoms with Crippen LogP contribution >= 0.6 is 0 Å². The molecule has 1 saturated heterocycles. The minimum atomic E-state index is -0.797. The molecule has 1 unspecified atom stereocenters. The molecule has 0 spiro atoms. The number of H-pyrrole nitrogens is 1. The summed E-state index contributed by atoms with van der Waals surface area (Å²) in [5.74, 6) is -0.507. The van der Waals surface area contributed by atoms with Gasteiger partial charge in [-0.15, -0.1) is 10.2 Å². The minimum Gasteiger partial charge on any atom is -0.481 e. The number of carboxylic acid groups (broad SMARTS) is 1. The first-order chi connectivity index (χ1) is 12.9. The van der Waals surface area contributed by atoms with Crippen LogP contribution in [0.25, 0.3) is 0 Å². The first-order valence-corrected chi connectivity index (χ1v) is 9.76. The number of quaternary nitrogens is 1. The van der Waals surface area contributed by atoms with Gasteiger partial charge in [0.25, 0.3) is 0 Å². The summed E-state index contributed by atoms with van der Waals surface area (Å²) in [4.78, 5) is 11.8. The van der Waals surface area contributed by atoms with Crippen LogP contribution in [0.1, 0.15) is 55.0 Å². The number of carboxylic acids is 1. The highest BCUT2D eigenvalue weighted by Gasteiger charge is 2.33. The normalized spacial score (nSPS) is 21.1. The van der Waals surface area contributed by atoms with E-state index in [0.29, 0.717) is 24.6 Å². The van der Waals surface area contributed by atoms with Gasteiger partial charge in [-0.2, -0.15) is 5.21 Å². The number of aliphatic carboxylic acids is 1. The Balaban J connectivity index is 1.77. The monoisotopic (exact) mass is 372 g/mol. The first-order valence-electron chi connectivity index (χ1n) is 9.76. The number of likely N-dealkylation sites (tertiary alicyclic amines) is 1. The number of likely N-dealkylation sites (N-methyl/N-ethyl adjacent to an activating group) is 1. The maximum absolute atomic E-state index is 11.8. The van der Waals surface area contributed by atoms with Crippen LogP contribution < -0.4 is 0 Å². The minimum absolute atomic E-state index is 0.283. The van der Waals surface area contributed by atoms with E-state index < -0.39 is 11.9 Å². The van der Waals surface area contributed by atoms with Gasteiger partial charge in [-0.25, -0.2) is 0 Å².